The van der Waals surface area contributed by atoms with E-state index in [4.69, 9.17) is 0 Å². The second-order valence-corrected chi connectivity index (χ2v) is 6.31. The van der Waals surface area contributed by atoms with Crippen molar-refractivity contribution in [2.75, 3.05) is 0 Å². The summed E-state index contributed by atoms with van der Waals surface area (Å²) in [5, 5.41) is 11.5. The molecule has 0 aliphatic heterocycles. The lowest BCUT2D eigenvalue weighted by Crippen LogP contribution is -2.25. The smallest absolute Gasteiger partial charge is 0.226 e. The summed E-state index contributed by atoms with van der Waals surface area (Å²) < 4.78 is 1.78. The minimum absolute atomic E-state index is 0.103. The van der Waals surface area contributed by atoms with Crippen LogP contribution in [0.4, 0.5) is 0 Å². The van der Waals surface area contributed by atoms with Crippen LogP contribution in [-0.2, 0) is 17.8 Å². The summed E-state index contributed by atoms with van der Waals surface area (Å²) in [6, 6.07) is 23.4. The standard InChI is InChI=1S/C22H19N5O/c28-21(24-16-17-11-13-23-14-12-17)15-20-22(18-7-3-1-4-8-18)27(26-25-20)19-9-5-2-6-10-19/h1-14H,15-16H2,(H,24,28). The number of rotatable bonds is 6. The number of nitrogens with zero attached hydrogens (tertiary/aromatic N) is 4. The molecule has 138 valence electrons. The Hall–Kier alpha value is -3.80. The molecule has 6 heteroatoms. The Bertz CT molecular complexity index is 1050. The summed E-state index contributed by atoms with van der Waals surface area (Å²) in [4.78, 5) is 16.5. The summed E-state index contributed by atoms with van der Waals surface area (Å²) >= 11 is 0. The molecule has 1 N–H and O–H groups in total. The average molecular weight is 369 g/mol. The lowest BCUT2D eigenvalue weighted by Gasteiger charge is -2.09. The molecule has 0 saturated carbocycles. The quantitative estimate of drug-likeness (QED) is 0.566. The third-order valence-corrected chi connectivity index (χ3v) is 4.36. The highest BCUT2D eigenvalue weighted by molar-refractivity contribution is 5.80. The van der Waals surface area contributed by atoms with Crippen LogP contribution in [0.2, 0.25) is 0 Å². The van der Waals surface area contributed by atoms with E-state index in [1.54, 1.807) is 17.1 Å². The number of carbonyl (C=O) groups is 1. The first-order valence-corrected chi connectivity index (χ1v) is 9.02. The Balaban J connectivity index is 1.60. The molecule has 4 rings (SSSR count). The first-order valence-electron chi connectivity index (χ1n) is 9.02. The second kappa shape index (κ2) is 8.26. The molecule has 0 bridgehead atoms. The minimum atomic E-state index is -0.103. The van der Waals surface area contributed by atoms with Gasteiger partial charge in [0.05, 0.1) is 17.8 Å². The third-order valence-electron chi connectivity index (χ3n) is 4.36. The van der Waals surface area contributed by atoms with Crippen molar-refractivity contribution in [3.8, 4) is 16.9 Å². The van der Waals surface area contributed by atoms with E-state index < -0.39 is 0 Å². The fourth-order valence-corrected chi connectivity index (χ4v) is 2.98. The Morgan fingerprint density at radius 3 is 2.29 bits per heavy atom. The molecule has 4 aromatic rings. The molecule has 0 spiro atoms. The molecule has 0 aliphatic carbocycles. The molecule has 2 aromatic carbocycles. The van der Waals surface area contributed by atoms with E-state index in [9.17, 15) is 4.79 Å². The van der Waals surface area contributed by atoms with Gasteiger partial charge >= 0.3 is 0 Å². The van der Waals surface area contributed by atoms with Gasteiger partial charge in [-0.25, -0.2) is 4.68 Å². The second-order valence-electron chi connectivity index (χ2n) is 6.31. The van der Waals surface area contributed by atoms with Gasteiger partial charge in [-0.2, -0.15) is 0 Å². The van der Waals surface area contributed by atoms with Gasteiger partial charge in [-0.05, 0) is 29.8 Å². The van der Waals surface area contributed by atoms with Crippen molar-refractivity contribution in [1.29, 1.82) is 0 Å². The number of nitrogens with one attached hydrogen (secondary N) is 1. The molecular formula is C22H19N5O. The van der Waals surface area contributed by atoms with Crippen molar-refractivity contribution in [3.63, 3.8) is 0 Å². The van der Waals surface area contributed by atoms with E-state index in [0.29, 0.717) is 12.2 Å². The SMILES string of the molecule is O=C(Cc1nnn(-c2ccccc2)c1-c1ccccc1)NCc1ccncc1. The fourth-order valence-electron chi connectivity index (χ4n) is 2.98. The molecular weight excluding hydrogens is 350 g/mol. The topological polar surface area (TPSA) is 72.7 Å². The van der Waals surface area contributed by atoms with Crippen molar-refractivity contribution < 1.29 is 4.79 Å². The van der Waals surface area contributed by atoms with Crippen LogP contribution in [0.5, 0.6) is 0 Å². The molecule has 0 aliphatic rings. The summed E-state index contributed by atoms with van der Waals surface area (Å²) in [6.45, 7) is 0.453. The van der Waals surface area contributed by atoms with Crippen LogP contribution in [0.15, 0.2) is 85.2 Å². The predicted octanol–water partition coefficient (Wildman–Crippen LogP) is 3.19. The maximum Gasteiger partial charge on any atom is 0.226 e. The number of pyridine rings is 1. The number of hydrogen-bond acceptors (Lipinski definition) is 4. The zero-order valence-corrected chi connectivity index (χ0v) is 15.2. The lowest BCUT2D eigenvalue weighted by atomic mass is 10.1. The molecule has 28 heavy (non-hydrogen) atoms. The highest BCUT2D eigenvalue weighted by Gasteiger charge is 2.18. The van der Waals surface area contributed by atoms with E-state index in [2.05, 4.69) is 20.6 Å². The Morgan fingerprint density at radius 2 is 1.57 bits per heavy atom. The van der Waals surface area contributed by atoms with Gasteiger partial charge in [-0.3, -0.25) is 9.78 Å². The molecule has 2 heterocycles. The zero-order valence-electron chi connectivity index (χ0n) is 15.2. The number of aromatic nitrogens is 4. The molecule has 1 amide bonds. The van der Waals surface area contributed by atoms with E-state index in [1.807, 2.05) is 72.8 Å². The van der Waals surface area contributed by atoms with E-state index in [-0.39, 0.29) is 12.3 Å². The lowest BCUT2D eigenvalue weighted by molar-refractivity contribution is -0.120. The van der Waals surface area contributed by atoms with Crippen LogP contribution in [-0.4, -0.2) is 25.9 Å². The molecule has 6 nitrogen and oxygen atoms in total. The average Bonchev–Trinajstić information content (AvgIpc) is 3.17. The van der Waals surface area contributed by atoms with Crippen LogP contribution in [0, 0.1) is 0 Å². The third kappa shape index (κ3) is 3.96. The fraction of sp³-hybridized carbons (Fsp3) is 0.0909. The zero-order chi connectivity index (χ0) is 19.2. The molecule has 0 saturated heterocycles. The molecule has 0 atom stereocenters. The number of para-hydroxylation sites is 1. The van der Waals surface area contributed by atoms with Gasteiger partial charge in [0, 0.05) is 24.5 Å². The van der Waals surface area contributed by atoms with E-state index >= 15 is 0 Å². The van der Waals surface area contributed by atoms with E-state index in [0.717, 1.165) is 22.5 Å². The number of benzene rings is 2. The van der Waals surface area contributed by atoms with Crippen molar-refractivity contribution in [2.24, 2.45) is 0 Å². The predicted molar refractivity (Wildman–Crippen MR) is 107 cm³/mol. The minimum Gasteiger partial charge on any atom is -0.352 e. The highest BCUT2D eigenvalue weighted by atomic mass is 16.1. The molecule has 0 radical (unpaired) electrons. The van der Waals surface area contributed by atoms with Crippen molar-refractivity contribution >= 4 is 5.91 Å². The van der Waals surface area contributed by atoms with Gasteiger partial charge in [-0.1, -0.05) is 53.7 Å². The van der Waals surface area contributed by atoms with E-state index in [1.165, 1.54) is 0 Å². The largest absolute Gasteiger partial charge is 0.352 e. The van der Waals surface area contributed by atoms with Crippen molar-refractivity contribution in [1.82, 2.24) is 25.3 Å². The summed E-state index contributed by atoms with van der Waals surface area (Å²) in [5.41, 5.74) is 4.33. The van der Waals surface area contributed by atoms with Crippen LogP contribution in [0.1, 0.15) is 11.3 Å². The van der Waals surface area contributed by atoms with Gasteiger partial charge in [-0.15, -0.1) is 5.10 Å². The summed E-state index contributed by atoms with van der Waals surface area (Å²) in [5.74, 6) is -0.103. The van der Waals surface area contributed by atoms with Crippen LogP contribution in [0.25, 0.3) is 16.9 Å². The Morgan fingerprint density at radius 1 is 0.893 bits per heavy atom. The number of hydrogen-bond donors (Lipinski definition) is 1. The monoisotopic (exact) mass is 369 g/mol. The van der Waals surface area contributed by atoms with Crippen LogP contribution in [0.3, 0.4) is 0 Å². The van der Waals surface area contributed by atoms with Crippen molar-refractivity contribution in [3.05, 3.63) is 96.4 Å². The maximum atomic E-state index is 12.5. The van der Waals surface area contributed by atoms with Gasteiger partial charge in [0.25, 0.3) is 0 Å². The van der Waals surface area contributed by atoms with Gasteiger partial charge in [0.1, 0.15) is 5.69 Å². The molecule has 0 unspecified atom stereocenters. The first-order chi connectivity index (χ1) is 13.8. The highest BCUT2D eigenvalue weighted by Crippen LogP contribution is 2.25. The number of amides is 1. The molecule has 2 aromatic heterocycles. The summed E-state index contributed by atoms with van der Waals surface area (Å²) in [7, 11) is 0. The maximum absolute atomic E-state index is 12.5. The molecule has 0 fully saturated rings. The Kier molecular flexibility index (Phi) is 5.20. The van der Waals surface area contributed by atoms with Crippen LogP contribution < -0.4 is 5.32 Å². The van der Waals surface area contributed by atoms with Crippen molar-refractivity contribution in [2.45, 2.75) is 13.0 Å². The summed E-state index contributed by atoms with van der Waals surface area (Å²) in [6.07, 6.45) is 3.57. The van der Waals surface area contributed by atoms with Gasteiger partial charge in [0.15, 0.2) is 0 Å². The van der Waals surface area contributed by atoms with Gasteiger partial charge in [0.2, 0.25) is 5.91 Å². The normalized spacial score (nSPS) is 10.6. The van der Waals surface area contributed by atoms with Gasteiger partial charge < -0.3 is 5.32 Å². The Labute approximate surface area is 162 Å². The number of carbonyl (C=O) groups excluding carboxylic acids is 1. The van der Waals surface area contributed by atoms with Crippen LogP contribution >= 0.6 is 0 Å². The first kappa shape index (κ1) is 17.6.